The number of aliphatic hydroxyl groups is 2. The molecule has 4 atom stereocenters. The lowest BCUT2D eigenvalue weighted by Crippen LogP contribution is -2.67. The van der Waals surface area contributed by atoms with E-state index in [9.17, 15) is 19.4 Å². The van der Waals surface area contributed by atoms with Crippen molar-refractivity contribution in [3.05, 3.63) is 71.0 Å². The van der Waals surface area contributed by atoms with Crippen molar-refractivity contribution in [1.29, 1.82) is 0 Å². The number of amides is 1. The molecule has 2 aliphatic heterocycles. The normalized spacial score (nSPS) is 24.2. The van der Waals surface area contributed by atoms with Crippen molar-refractivity contribution in [2.24, 2.45) is 0 Å². The first-order valence-corrected chi connectivity index (χ1v) is 11.2. The second-order valence-electron chi connectivity index (χ2n) is 8.61. The van der Waals surface area contributed by atoms with Crippen LogP contribution in [-0.4, -0.2) is 70.3 Å². The zero-order valence-corrected chi connectivity index (χ0v) is 18.2. The Morgan fingerprint density at radius 2 is 1.81 bits per heavy atom. The molecule has 168 valence electrons. The predicted molar refractivity (Wildman–Crippen MR) is 121 cm³/mol. The van der Waals surface area contributed by atoms with Crippen LogP contribution in [0.3, 0.4) is 0 Å². The van der Waals surface area contributed by atoms with E-state index in [0.717, 1.165) is 30.5 Å². The first-order chi connectivity index (χ1) is 15.5. The third-order valence-corrected chi connectivity index (χ3v) is 6.47. The van der Waals surface area contributed by atoms with E-state index in [1.165, 1.54) is 24.3 Å². The highest BCUT2D eigenvalue weighted by Crippen LogP contribution is 2.42. The van der Waals surface area contributed by atoms with Gasteiger partial charge in [0.15, 0.2) is 0 Å². The molecule has 0 aromatic heterocycles. The summed E-state index contributed by atoms with van der Waals surface area (Å²) in [6.45, 7) is 3.84. The molecule has 2 saturated heterocycles. The molecule has 2 aromatic carbocycles. The Kier molecular flexibility index (Phi) is 6.90. The number of benzene rings is 2. The number of fused-ring (bicyclic) bond motifs is 1. The lowest BCUT2D eigenvalue weighted by Gasteiger charge is -2.57. The number of hydrogen-bond acceptors (Lipinski definition) is 4. The monoisotopic (exact) mass is 436 g/mol. The Balaban J connectivity index is 1.55. The molecule has 2 fully saturated rings. The van der Waals surface area contributed by atoms with Gasteiger partial charge in [-0.1, -0.05) is 24.0 Å². The molecule has 6 heteroatoms. The molecule has 0 aliphatic carbocycles. The molecule has 0 bridgehead atoms. The molecule has 0 spiro atoms. The number of aliphatic hydroxyl groups excluding tert-OH is 2. The molecule has 0 radical (unpaired) electrons. The summed E-state index contributed by atoms with van der Waals surface area (Å²) in [7, 11) is 0. The standard InChI is InChI=1S/C26H29FN2O3/c1-18(31)4-5-19-6-8-20(9-7-19)25-23-16-28(14-2-3-15-29(23)24(25)17-30)26(32)21-10-12-22(27)13-11-21/h6-13,18,23-25,30-31H,2-3,14-17H2,1H3/t18-,23+,24+,25-/m1/s1. The number of carbonyl (C=O) groups excluding carboxylic acids is 1. The number of hydrogen-bond donors (Lipinski definition) is 2. The van der Waals surface area contributed by atoms with E-state index in [0.29, 0.717) is 18.7 Å². The summed E-state index contributed by atoms with van der Waals surface area (Å²) in [5, 5.41) is 19.4. The van der Waals surface area contributed by atoms with Gasteiger partial charge in [0.1, 0.15) is 11.9 Å². The van der Waals surface area contributed by atoms with Gasteiger partial charge in [-0.15, -0.1) is 0 Å². The topological polar surface area (TPSA) is 64.0 Å². The highest BCUT2D eigenvalue weighted by molar-refractivity contribution is 5.94. The molecular formula is C26H29FN2O3. The van der Waals surface area contributed by atoms with Crippen molar-refractivity contribution in [2.45, 2.75) is 43.9 Å². The van der Waals surface area contributed by atoms with E-state index in [4.69, 9.17) is 0 Å². The van der Waals surface area contributed by atoms with Crippen molar-refractivity contribution in [2.75, 3.05) is 26.2 Å². The van der Waals surface area contributed by atoms with E-state index in [2.05, 4.69) is 16.7 Å². The van der Waals surface area contributed by atoms with Crippen molar-refractivity contribution in [3.63, 3.8) is 0 Å². The first-order valence-electron chi connectivity index (χ1n) is 11.2. The van der Waals surface area contributed by atoms with Gasteiger partial charge in [0.2, 0.25) is 0 Å². The van der Waals surface area contributed by atoms with Gasteiger partial charge in [-0.3, -0.25) is 9.69 Å². The Labute approximate surface area is 188 Å². The van der Waals surface area contributed by atoms with Gasteiger partial charge >= 0.3 is 0 Å². The maximum Gasteiger partial charge on any atom is 0.253 e. The maximum absolute atomic E-state index is 13.3. The molecular weight excluding hydrogens is 407 g/mol. The Morgan fingerprint density at radius 1 is 1.12 bits per heavy atom. The highest BCUT2D eigenvalue weighted by atomic mass is 19.1. The van der Waals surface area contributed by atoms with E-state index in [-0.39, 0.29) is 36.3 Å². The van der Waals surface area contributed by atoms with Gasteiger partial charge in [-0.2, -0.15) is 0 Å². The third kappa shape index (κ3) is 4.71. The first kappa shape index (κ1) is 22.5. The lowest BCUT2D eigenvalue weighted by molar-refractivity contribution is -0.0606. The minimum Gasteiger partial charge on any atom is -0.395 e. The molecule has 2 aliphatic rings. The zero-order valence-electron chi connectivity index (χ0n) is 18.2. The molecule has 2 heterocycles. The number of halogens is 1. The predicted octanol–water partition coefficient (Wildman–Crippen LogP) is 2.62. The van der Waals surface area contributed by atoms with Crippen LogP contribution in [0.5, 0.6) is 0 Å². The molecule has 2 N–H and O–H groups in total. The van der Waals surface area contributed by atoms with Crippen LogP contribution in [0.1, 0.15) is 47.2 Å². The summed E-state index contributed by atoms with van der Waals surface area (Å²) < 4.78 is 13.3. The third-order valence-electron chi connectivity index (χ3n) is 6.47. The largest absolute Gasteiger partial charge is 0.395 e. The fourth-order valence-corrected chi connectivity index (χ4v) is 4.88. The van der Waals surface area contributed by atoms with E-state index >= 15 is 0 Å². The molecule has 0 saturated carbocycles. The average Bonchev–Trinajstić information content (AvgIpc) is 2.77. The summed E-state index contributed by atoms with van der Waals surface area (Å²) >= 11 is 0. The summed E-state index contributed by atoms with van der Waals surface area (Å²) in [5.41, 5.74) is 2.44. The number of nitrogens with zero attached hydrogens (tertiary/aromatic N) is 2. The number of carbonyl (C=O) groups is 1. The van der Waals surface area contributed by atoms with Crippen LogP contribution < -0.4 is 0 Å². The van der Waals surface area contributed by atoms with E-state index in [1.807, 2.05) is 29.2 Å². The van der Waals surface area contributed by atoms with Crippen molar-refractivity contribution < 1.29 is 19.4 Å². The van der Waals surface area contributed by atoms with Crippen molar-refractivity contribution in [3.8, 4) is 11.8 Å². The molecule has 2 aromatic rings. The van der Waals surface area contributed by atoms with E-state index in [1.54, 1.807) is 6.92 Å². The van der Waals surface area contributed by atoms with Gasteiger partial charge in [0.25, 0.3) is 5.91 Å². The van der Waals surface area contributed by atoms with Crippen LogP contribution >= 0.6 is 0 Å². The summed E-state index contributed by atoms with van der Waals surface area (Å²) in [6, 6.07) is 13.8. The van der Waals surface area contributed by atoms with Crippen LogP contribution in [0.2, 0.25) is 0 Å². The SMILES string of the molecule is C[C@@H](O)C#Cc1ccc([C@H]2[C@H](CO)N3CCCCN(C(=O)c4ccc(F)cc4)C[C@@H]23)cc1. The van der Waals surface area contributed by atoms with Crippen LogP contribution in [0.15, 0.2) is 48.5 Å². The Morgan fingerprint density at radius 3 is 2.47 bits per heavy atom. The quantitative estimate of drug-likeness (QED) is 0.727. The Hall–Kier alpha value is -2.72. The van der Waals surface area contributed by atoms with Gasteiger partial charge in [-0.05, 0) is 68.3 Å². The fraction of sp³-hybridized carbons (Fsp3) is 0.423. The van der Waals surface area contributed by atoms with Crippen LogP contribution in [0, 0.1) is 17.7 Å². The van der Waals surface area contributed by atoms with Gasteiger partial charge in [0, 0.05) is 42.2 Å². The summed E-state index contributed by atoms with van der Waals surface area (Å²) in [6.07, 6.45) is 1.18. The van der Waals surface area contributed by atoms with E-state index < -0.39 is 6.10 Å². The molecule has 4 rings (SSSR count). The van der Waals surface area contributed by atoms with Crippen LogP contribution in [-0.2, 0) is 0 Å². The smallest absolute Gasteiger partial charge is 0.253 e. The maximum atomic E-state index is 13.3. The summed E-state index contributed by atoms with van der Waals surface area (Å²) in [4.78, 5) is 17.3. The van der Waals surface area contributed by atoms with Gasteiger partial charge < -0.3 is 15.1 Å². The second kappa shape index (κ2) is 9.83. The Bertz CT molecular complexity index is 994. The minimum absolute atomic E-state index is 0.0234. The molecule has 0 unspecified atom stereocenters. The van der Waals surface area contributed by atoms with Crippen molar-refractivity contribution in [1.82, 2.24) is 9.80 Å². The zero-order chi connectivity index (χ0) is 22.7. The molecule has 5 nitrogen and oxygen atoms in total. The molecule has 1 amide bonds. The van der Waals surface area contributed by atoms with Crippen molar-refractivity contribution >= 4 is 5.91 Å². The average molecular weight is 437 g/mol. The minimum atomic E-state index is -0.673. The highest BCUT2D eigenvalue weighted by Gasteiger charge is 2.49. The fourth-order valence-electron chi connectivity index (χ4n) is 4.88. The lowest BCUT2D eigenvalue weighted by atomic mass is 9.74. The van der Waals surface area contributed by atoms with Gasteiger partial charge in [-0.25, -0.2) is 4.39 Å². The molecule has 32 heavy (non-hydrogen) atoms. The van der Waals surface area contributed by atoms with Gasteiger partial charge in [0.05, 0.1) is 6.61 Å². The van der Waals surface area contributed by atoms with Crippen LogP contribution in [0.25, 0.3) is 0 Å². The second-order valence-corrected chi connectivity index (χ2v) is 8.61. The van der Waals surface area contributed by atoms with Crippen LogP contribution in [0.4, 0.5) is 4.39 Å². The number of rotatable bonds is 3. The summed E-state index contributed by atoms with van der Waals surface area (Å²) in [5.74, 6) is 5.37.